The van der Waals surface area contributed by atoms with Crippen LogP contribution in [-0.2, 0) is 6.42 Å². The molecule has 1 atom stereocenters. The number of benzene rings is 1. The molecule has 18 heavy (non-hydrogen) atoms. The van der Waals surface area contributed by atoms with E-state index in [1.165, 1.54) is 0 Å². The van der Waals surface area contributed by atoms with Crippen molar-refractivity contribution in [3.63, 3.8) is 0 Å². The van der Waals surface area contributed by atoms with Gasteiger partial charge in [0.15, 0.2) is 0 Å². The molecule has 1 heterocycles. The molecule has 2 N–H and O–H groups in total. The van der Waals surface area contributed by atoms with Crippen LogP contribution in [0.15, 0.2) is 48.8 Å². The van der Waals surface area contributed by atoms with E-state index in [1.54, 1.807) is 6.20 Å². The summed E-state index contributed by atoms with van der Waals surface area (Å²) >= 11 is 0. The van der Waals surface area contributed by atoms with E-state index in [0.717, 1.165) is 23.3 Å². The van der Waals surface area contributed by atoms with Crippen LogP contribution in [0.4, 0.5) is 0 Å². The van der Waals surface area contributed by atoms with Crippen molar-refractivity contribution in [1.29, 1.82) is 0 Å². The number of nitrogens with two attached hydrogens (primary N) is 1. The van der Waals surface area contributed by atoms with Gasteiger partial charge in [0.25, 0.3) is 0 Å². The molecule has 2 rings (SSSR count). The number of nitrogens with zero attached hydrogens (tertiary/aromatic N) is 1. The molecule has 0 spiro atoms. The van der Waals surface area contributed by atoms with Gasteiger partial charge < -0.3 is 10.5 Å². The lowest BCUT2D eigenvalue weighted by Crippen LogP contribution is -2.08. The maximum atomic E-state index is 5.99. The maximum Gasteiger partial charge on any atom is 0.123 e. The van der Waals surface area contributed by atoms with E-state index in [9.17, 15) is 0 Å². The van der Waals surface area contributed by atoms with Gasteiger partial charge >= 0.3 is 0 Å². The zero-order chi connectivity index (χ0) is 12.8. The van der Waals surface area contributed by atoms with Crippen LogP contribution < -0.4 is 10.5 Å². The second kappa shape index (κ2) is 6.17. The third-order valence-corrected chi connectivity index (χ3v) is 2.84. The molecule has 94 valence electrons. The van der Waals surface area contributed by atoms with Crippen LogP contribution in [0.3, 0.4) is 0 Å². The second-order valence-electron chi connectivity index (χ2n) is 4.19. The molecule has 0 radical (unpaired) electrons. The van der Waals surface area contributed by atoms with Crippen LogP contribution in [0.2, 0.25) is 0 Å². The average Bonchev–Trinajstić information content (AvgIpc) is 2.42. The molecule has 0 amide bonds. The molecule has 2 aromatic rings. The van der Waals surface area contributed by atoms with Gasteiger partial charge in [-0.3, -0.25) is 4.98 Å². The monoisotopic (exact) mass is 242 g/mol. The zero-order valence-electron chi connectivity index (χ0n) is 10.5. The zero-order valence-corrected chi connectivity index (χ0v) is 10.5. The van der Waals surface area contributed by atoms with Gasteiger partial charge in [0.1, 0.15) is 11.9 Å². The van der Waals surface area contributed by atoms with E-state index in [4.69, 9.17) is 10.5 Å². The van der Waals surface area contributed by atoms with Crippen molar-refractivity contribution in [2.75, 3.05) is 6.54 Å². The summed E-state index contributed by atoms with van der Waals surface area (Å²) in [5, 5.41) is 0. The smallest absolute Gasteiger partial charge is 0.123 e. The average molecular weight is 242 g/mol. The Kier molecular flexibility index (Phi) is 4.31. The highest BCUT2D eigenvalue weighted by Crippen LogP contribution is 2.24. The number of aromatic nitrogens is 1. The van der Waals surface area contributed by atoms with Crippen LogP contribution in [0.5, 0.6) is 5.75 Å². The van der Waals surface area contributed by atoms with E-state index in [0.29, 0.717) is 6.54 Å². The van der Waals surface area contributed by atoms with E-state index in [-0.39, 0.29) is 6.10 Å². The topological polar surface area (TPSA) is 48.1 Å². The van der Waals surface area contributed by atoms with Crippen LogP contribution >= 0.6 is 0 Å². The van der Waals surface area contributed by atoms with E-state index in [1.807, 2.05) is 43.5 Å². The van der Waals surface area contributed by atoms with Gasteiger partial charge in [0.05, 0.1) is 0 Å². The fourth-order valence-corrected chi connectivity index (χ4v) is 1.86. The van der Waals surface area contributed by atoms with Gasteiger partial charge in [0.2, 0.25) is 0 Å². The molecule has 0 saturated carbocycles. The first-order chi connectivity index (χ1) is 8.81. The van der Waals surface area contributed by atoms with Crippen molar-refractivity contribution in [3.05, 3.63) is 59.9 Å². The van der Waals surface area contributed by atoms with Crippen molar-refractivity contribution in [2.24, 2.45) is 5.73 Å². The maximum absolute atomic E-state index is 5.99. The largest absolute Gasteiger partial charge is 0.486 e. The molecule has 3 nitrogen and oxygen atoms in total. The predicted octanol–water partition coefficient (Wildman–Crippen LogP) is 2.72. The van der Waals surface area contributed by atoms with Crippen LogP contribution in [0, 0.1) is 0 Å². The SMILES string of the molecule is CC(Oc1ccccc1CCN)c1cccnc1. The summed E-state index contributed by atoms with van der Waals surface area (Å²) in [4.78, 5) is 4.11. The third kappa shape index (κ3) is 3.08. The lowest BCUT2D eigenvalue weighted by atomic mass is 10.1. The van der Waals surface area contributed by atoms with Crippen molar-refractivity contribution in [2.45, 2.75) is 19.4 Å². The van der Waals surface area contributed by atoms with Crippen LogP contribution in [0.1, 0.15) is 24.2 Å². The molecule has 0 fully saturated rings. The Morgan fingerprint density at radius 2 is 2.06 bits per heavy atom. The van der Waals surface area contributed by atoms with E-state index >= 15 is 0 Å². The molecule has 0 bridgehead atoms. The third-order valence-electron chi connectivity index (χ3n) is 2.84. The number of hydrogen-bond donors (Lipinski definition) is 1. The molecule has 0 aliphatic rings. The van der Waals surface area contributed by atoms with Gasteiger partial charge in [-0.2, -0.15) is 0 Å². The molecular formula is C15H18N2O. The first-order valence-electron chi connectivity index (χ1n) is 6.16. The summed E-state index contributed by atoms with van der Waals surface area (Å²) in [6.45, 7) is 2.65. The van der Waals surface area contributed by atoms with Gasteiger partial charge in [-0.05, 0) is 37.6 Å². The summed E-state index contributed by atoms with van der Waals surface area (Å²) < 4.78 is 5.99. The Hall–Kier alpha value is -1.87. The normalized spacial score (nSPS) is 12.1. The van der Waals surface area contributed by atoms with E-state index < -0.39 is 0 Å². The quantitative estimate of drug-likeness (QED) is 0.877. The minimum Gasteiger partial charge on any atom is -0.486 e. The summed E-state index contributed by atoms with van der Waals surface area (Å²) in [5.41, 5.74) is 7.82. The minimum absolute atomic E-state index is 0.0161. The predicted molar refractivity (Wildman–Crippen MR) is 72.5 cm³/mol. The van der Waals surface area contributed by atoms with Crippen molar-refractivity contribution in [3.8, 4) is 5.75 Å². The molecule has 1 aromatic heterocycles. The molecule has 0 aliphatic heterocycles. The fourth-order valence-electron chi connectivity index (χ4n) is 1.86. The lowest BCUT2D eigenvalue weighted by molar-refractivity contribution is 0.224. The Labute approximate surface area is 108 Å². The Bertz CT molecular complexity index is 485. The van der Waals surface area contributed by atoms with Crippen LogP contribution in [-0.4, -0.2) is 11.5 Å². The number of pyridine rings is 1. The second-order valence-corrected chi connectivity index (χ2v) is 4.19. The summed E-state index contributed by atoms with van der Waals surface area (Å²) in [6.07, 6.45) is 4.41. The summed E-state index contributed by atoms with van der Waals surface area (Å²) in [5.74, 6) is 0.902. The number of para-hydroxylation sites is 1. The summed E-state index contributed by atoms with van der Waals surface area (Å²) in [7, 11) is 0. The molecule has 1 aromatic carbocycles. The minimum atomic E-state index is -0.0161. The van der Waals surface area contributed by atoms with Crippen molar-refractivity contribution in [1.82, 2.24) is 4.98 Å². The Balaban J connectivity index is 2.14. The first kappa shape index (κ1) is 12.6. The number of hydrogen-bond acceptors (Lipinski definition) is 3. The van der Waals surface area contributed by atoms with Gasteiger partial charge in [-0.1, -0.05) is 24.3 Å². The number of rotatable bonds is 5. The molecule has 1 unspecified atom stereocenters. The van der Waals surface area contributed by atoms with Crippen molar-refractivity contribution < 1.29 is 4.74 Å². The Morgan fingerprint density at radius 1 is 1.22 bits per heavy atom. The summed E-state index contributed by atoms with van der Waals surface area (Å²) in [6, 6.07) is 12.0. The lowest BCUT2D eigenvalue weighted by Gasteiger charge is -2.17. The number of ether oxygens (including phenoxy) is 1. The van der Waals surface area contributed by atoms with Gasteiger partial charge in [-0.15, -0.1) is 0 Å². The van der Waals surface area contributed by atoms with E-state index in [2.05, 4.69) is 11.1 Å². The molecular weight excluding hydrogens is 224 g/mol. The first-order valence-corrected chi connectivity index (χ1v) is 6.16. The molecule has 0 aliphatic carbocycles. The van der Waals surface area contributed by atoms with Crippen molar-refractivity contribution >= 4 is 0 Å². The van der Waals surface area contributed by atoms with Gasteiger partial charge in [-0.25, -0.2) is 0 Å². The highest BCUT2D eigenvalue weighted by atomic mass is 16.5. The van der Waals surface area contributed by atoms with Crippen LogP contribution in [0.25, 0.3) is 0 Å². The highest BCUT2D eigenvalue weighted by molar-refractivity contribution is 5.34. The fraction of sp³-hybridized carbons (Fsp3) is 0.267. The Morgan fingerprint density at radius 3 is 2.78 bits per heavy atom. The standard InChI is InChI=1S/C15H18N2O/c1-12(14-6-4-10-17-11-14)18-15-7-3-2-5-13(15)8-9-16/h2-7,10-12H,8-9,16H2,1H3. The molecule has 3 heteroatoms. The highest BCUT2D eigenvalue weighted by Gasteiger charge is 2.09. The molecule has 0 saturated heterocycles. The van der Waals surface area contributed by atoms with Gasteiger partial charge in [0, 0.05) is 18.0 Å².